The van der Waals surface area contributed by atoms with Crippen LogP contribution >= 0.6 is 0 Å². The minimum absolute atomic E-state index is 0.000282. The first-order valence-corrected chi connectivity index (χ1v) is 7.68. The zero-order valence-corrected chi connectivity index (χ0v) is 13.1. The number of hydrogen-bond donors (Lipinski definition) is 3. The molecule has 0 aromatic heterocycles. The standard InChI is InChI=1S/C20H18N2O2/c23-14-18-11-10-17(12-20(18)24)16-8-6-15(7-9-16)13-21-22-19-4-2-1-3-5-19/h1-12,14,21-22,24H,13H2. The molecule has 4 heteroatoms. The fraction of sp³-hybridized carbons (Fsp3) is 0.0500. The molecule has 3 aromatic rings. The number of hydrogen-bond acceptors (Lipinski definition) is 4. The van der Waals surface area contributed by atoms with Crippen LogP contribution in [-0.4, -0.2) is 11.4 Å². The monoisotopic (exact) mass is 318 g/mol. The highest BCUT2D eigenvalue weighted by molar-refractivity contribution is 5.81. The maximum atomic E-state index is 10.7. The number of nitrogens with one attached hydrogen (secondary N) is 2. The molecule has 0 heterocycles. The van der Waals surface area contributed by atoms with Crippen molar-refractivity contribution < 1.29 is 9.90 Å². The van der Waals surface area contributed by atoms with E-state index in [2.05, 4.69) is 10.9 Å². The molecule has 3 rings (SSSR count). The Morgan fingerprint density at radius 3 is 2.25 bits per heavy atom. The quantitative estimate of drug-likeness (QED) is 0.475. The van der Waals surface area contributed by atoms with Gasteiger partial charge in [-0.3, -0.25) is 4.79 Å². The lowest BCUT2D eigenvalue weighted by molar-refractivity contribution is 0.112. The number of benzene rings is 3. The molecular weight excluding hydrogens is 300 g/mol. The van der Waals surface area contributed by atoms with Crippen LogP contribution in [0.2, 0.25) is 0 Å². The van der Waals surface area contributed by atoms with Gasteiger partial charge in [-0.1, -0.05) is 48.5 Å². The van der Waals surface area contributed by atoms with Gasteiger partial charge in [-0.2, -0.15) is 0 Å². The second-order valence-corrected chi connectivity index (χ2v) is 5.43. The number of aldehydes is 1. The number of aromatic hydroxyl groups is 1. The normalized spacial score (nSPS) is 10.3. The van der Waals surface area contributed by atoms with Gasteiger partial charge in [0.05, 0.1) is 5.56 Å². The number of carbonyl (C=O) groups is 1. The van der Waals surface area contributed by atoms with E-state index in [1.165, 1.54) is 0 Å². The van der Waals surface area contributed by atoms with Gasteiger partial charge in [-0.25, -0.2) is 5.43 Å². The molecule has 0 atom stereocenters. The zero-order chi connectivity index (χ0) is 16.8. The number of hydrazine groups is 1. The highest BCUT2D eigenvalue weighted by atomic mass is 16.3. The van der Waals surface area contributed by atoms with Crippen molar-refractivity contribution >= 4 is 12.0 Å². The van der Waals surface area contributed by atoms with Crippen molar-refractivity contribution in [2.75, 3.05) is 5.43 Å². The average Bonchev–Trinajstić information content (AvgIpc) is 2.63. The lowest BCUT2D eigenvalue weighted by Gasteiger charge is -2.09. The van der Waals surface area contributed by atoms with Gasteiger partial charge in [0.15, 0.2) is 6.29 Å². The Morgan fingerprint density at radius 2 is 1.58 bits per heavy atom. The Morgan fingerprint density at radius 1 is 0.875 bits per heavy atom. The van der Waals surface area contributed by atoms with E-state index in [9.17, 15) is 9.90 Å². The predicted molar refractivity (Wildman–Crippen MR) is 95.8 cm³/mol. The van der Waals surface area contributed by atoms with Crippen LogP contribution in [-0.2, 0) is 6.54 Å². The Hall–Kier alpha value is -3.11. The lowest BCUT2D eigenvalue weighted by Crippen LogP contribution is -2.20. The Bertz CT molecular complexity index is 815. The van der Waals surface area contributed by atoms with Gasteiger partial charge in [-0.15, -0.1) is 0 Å². The molecule has 3 aromatic carbocycles. The van der Waals surface area contributed by atoms with E-state index in [1.54, 1.807) is 12.1 Å². The smallest absolute Gasteiger partial charge is 0.153 e. The fourth-order valence-corrected chi connectivity index (χ4v) is 2.41. The molecule has 24 heavy (non-hydrogen) atoms. The average molecular weight is 318 g/mol. The van der Waals surface area contributed by atoms with Crippen LogP contribution in [0, 0.1) is 0 Å². The highest BCUT2D eigenvalue weighted by Crippen LogP contribution is 2.26. The number of anilines is 1. The molecule has 0 aliphatic rings. The summed E-state index contributed by atoms with van der Waals surface area (Å²) in [6.07, 6.45) is 0.646. The zero-order valence-electron chi connectivity index (χ0n) is 13.1. The summed E-state index contributed by atoms with van der Waals surface area (Å²) in [5, 5.41) is 9.78. The molecule has 0 bridgehead atoms. The molecule has 0 saturated heterocycles. The van der Waals surface area contributed by atoms with Crippen molar-refractivity contribution in [3.05, 3.63) is 83.9 Å². The van der Waals surface area contributed by atoms with Crippen molar-refractivity contribution in [1.82, 2.24) is 5.43 Å². The molecule has 0 fully saturated rings. The first-order valence-electron chi connectivity index (χ1n) is 7.68. The number of para-hydroxylation sites is 1. The molecule has 120 valence electrons. The van der Waals surface area contributed by atoms with E-state index < -0.39 is 0 Å². The minimum Gasteiger partial charge on any atom is -0.507 e. The molecule has 0 amide bonds. The Labute approximate surface area is 140 Å². The van der Waals surface area contributed by atoms with Crippen molar-refractivity contribution in [3.8, 4) is 16.9 Å². The van der Waals surface area contributed by atoms with Crippen LogP contribution in [0.4, 0.5) is 5.69 Å². The van der Waals surface area contributed by atoms with E-state index in [0.29, 0.717) is 18.4 Å². The van der Waals surface area contributed by atoms with Crippen LogP contribution < -0.4 is 10.9 Å². The Kier molecular flexibility index (Phi) is 4.89. The summed E-state index contributed by atoms with van der Waals surface area (Å²) < 4.78 is 0. The van der Waals surface area contributed by atoms with Gasteiger partial charge in [0.1, 0.15) is 5.75 Å². The highest BCUT2D eigenvalue weighted by Gasteiger charge is 2.04. The van der Waals surface area contributed by atoms with Crippen molar-refractivity contribution in [2.24, 2.45) is 0 Å². The molecule has 0 unspecified atom stereocenters. The van der Waals surface area contributed by atoms with Crippen molar-refractivity contribution in [3.63, 3.8) is 0 Å². The van der Waals surface area contributed by atoms with Gasteiger partial charge >= 0.3 is 0 Å². The third-order valence-corrected chi connectivity index (χ3v) is 3.74. The van der Waals surface area contributed by atoms with Crippen LogP contribution in [0.15, 0.2) is 72.8 Å². The summed E-state index contributed by atoms with van der Waals surface area (Å²) in [5.41, 5.74) is 10.6. The molecular formula is C20H18N2O2. The number of phenols is 1. The maximum absolute atomic E-state index is 10.7. The Balaban J connectivity index is 1.63. The SMILES string of the molecule is O=Cc1ccc(-c2ccc(CNNc3ccccc3)cc2)cc1O. The van der Waals surface area contributed by atoms with E-state index in [0.717, 1.165) is 22.4 Å². The summed E-state index contributed by atoms with van der Waals surface area (Å²) in [6.45, 7) is 0.685. The first-order chi connectivity index (χ1) is 11.8. The first kappa shape index (κ1) is 15.8. The van der Waals surface area contributed by atoms with Gasteiger partial charge < -0.3 is 10.5 Å². The van der Waals surface area contributed by atoms with Crippen molar-refractivity contribution in [1.29, 1.82) is 0 Å². The van der Waals surface area contributed by atoms with Crippen LogP contribution in [0.1, 0.15) is 15.9 Å². The third-order valence-electron chi connectivity index (χ3n) is 3.74. The largest absolute Gasteiger partial charge is 0.507 e. The molecule has 4 nitrogen and oxygen atoms in total. The second kappa shape index (κ2) is 7.44. The summed E-state index contributed by atoms with van der Waals surface area (Å²) in [4.78, 5) is 10.7. The topological polar surface area (TPSA) is 61.4 Å². The van der Waals surface area contributed by atoms with Crippen LogP contribution in [0.5, 0.6) is 5.75 Å². The van der Waals surface area contributed by atoms with Gasteiger partial charge in [0.25, 0.3) is 0 Å². The molecule has 0 saturated carbocycles. The van der Waals surface area contributed by atoms with Gasteiger partial charge in [0.2, 0.25) is 0 Å². The minimum atomic E-state index is 0.000282. The summed E-state index contributed by atoms with van der Waals surface area (Å²) >= 11 is 0. The molecule has 0 spiro atoms. The lowest BCUT2D eigenvalue weighted by atomic mass is 10.0. The van der Waals surface area contributed by atoms with Crippen LogP contribution in [0.3, 0.4) is 0 Å². The van der Waals surface area contributed by atoms with Gasteiger partial charge in [-0.05, 0) is 41.0 Å². The van der Waals surface area contributed by atoms with Gasteiger partial charge in [0, 0.05) is 12.2 Å². The van der Waals surface area contributed by atoms with Crippen molar-refractivity contribution in [2.45, 2.75) is 6.54 Å². The molecule has 0 radical (unpaired) electrons. The predicted octanol–water partition coefficient (Wildman–Crippen LogP) is 3.99. The third kappa shape index (κ3) is 3.80. The van der Waals surface area contributed by atoms with E-state index >= 15 is 0 Å². The summed E-state index contributed by atoms with van der Waals surface area (Å²) in [5.74, 6) is 0.000282. The number of phenolic OH excluding ortho intramolecular Hbond substituents is 1. The second-order valence-electron chi connectivity index (χ2n) is 5.43. The number of rotatable bonds is 6. The summed E-state index contributed by atoms with van der Waals surface area (Å²) in [6, 6.07) is 23.0. The van der Waals surface area contributed by atoms with Crippen LogP contribution in [0.25, 0.3) is 11.1 Å². The molecule has 0 aliphatic carbocycles. The van der Waals surface area contributed by atoms with E-state index in [1.807, 2.05) is 60.7 Å². The van der Waals surface area contributed by atoms with E-state index in [-0.39, 0.29) is 5.75 Å². The molecule has 3 N–H and O–H groups in total. The summed E-state index contributed by atoms with van der Waals surface area (Å²) in [7, 11) is 0. The molecule has 0 aliphatic heterocycles. The number of carbonyl (C=O) groups excluding carboxylic acids is 1. The maximum Gasteiger partial charge on any atom is 0.153 e. The fourth-order valence-electron chi connectivity index (χ4n) is 2.41. The van der Waals surface area contributed by atoms with E-state index in [4.69, 9.17) is 0 Å².